The average Bonchev–Trinajstić information content (AvgIpc) is 2.36. The molecule has 1 aromatic heterocycles. The summed E-state index contributed by atoms with van der Waals surface area (Å²) in [7, 11) is 0. The van der Waals surface area contributed by atoms with Gasteiger partial charge in [0.25, 0.3) is 0 Å². The third-order valence-electron chi connectivity index (χ3n) is 2.27. The molecular weight excluding hydrogens is 160 g/mol. The lowest BCUT2D eigenvalue weighted by Gasteiger charge is -2.05. The molecule has 1 aromatic rings. The van der Waals surface area contributed by atoms with E-state index in [0.717, 1.165) is 13.0 Å². The Hall–Kier alpha value is -0.790. The van der Waals surface area contributed by atoms with Crippen LogP contribution in [-0.4, -0.2) is 9.55 Å². The Labute approximate surface area is 81.0 Å². The highest BCUT2D eigenvalue weighted by Gasteiger charge is 2.06. The molecule has 1 heterocycles. The van der Waals surface area contributed by atoms with Crippen LogP contribution >= 0.6 is 0 Å². The van der Waals surface area contributed by atoms with Gasteiger partial charge in [-0.2, -0.15) is 0 Å². The van der Waals surface area contributed by atoms with Crippen LogP contribution in [0.15, 0.2) is 6.33 Å². The van der Waals surface area contributed by atoms with E-state index in [1.165, 1.54) is 17.8 Å². The zero-order chi connectivity index (χ0) is 9.84. The van der Waals surface area contributed by atoms with Gasteiger partial charge in [0, 0.05) is 12.2 Å². The summed E-state index contributed by atoms with van der Waals surface area (Å²) < 4.78 is 2.25. The predicted octanol–water partition coefficient (Wildman–Crippen LogP) is 2.80. The van der Waals surface area contributed by atoms with Crippen LogP contribution in [-0.2, 0) is 13.0 Å². The maximum Gasteiger partial charge on any atom is 0.0951 e. The van der Waals surface area contributed by atoms with Crippen molar-refractivity contribution in [2.75, 3.05) is 0 Å². The first-order valence-corrected chi connectivity index (χ1v) is 5.15. The van der Waals surface area contributed by atoms with E-state index < -0.39 is 0 Å². The van der Waals surface area contributed by atoms with Crippen LogP contribution in [0.4, 0.5) is 0 Å². The van der Waals surface area contributed by atoms with Gasteiger partial charge in [0.1, 0.15) is 0 Å². The van der Waals surface area contributed by atoms with Gasteiger partial charge in [0.2, 0.25) is 0 Å². The van der Waals surface area contributed by atoms with Gasteiger partial charge >= 0.3 is 0 Å². The minimum atomic E-state index is 0.698. The van der Waals surface area contributed by atoms with Crippen molar-refractivity contribution in [3.05, 3.63) is 17.7 Å². The zero-order valence-corrected chi connectivity index (χ0v) is 9.17. The Morgan fingerprint density at radius 2 is 2.15 bits per heavy atom. The van der Waals surface area contributed by atoms with Crippen LogP contribution in [0, 0.1) is 12.8 Å². The van der Waals surface area contributed by atoms with E-state index in [-0.39, 0.29) is 0 Å². The molecule has 0 saturated carbocycles. The monoisotopic (exact) mass is 180 g/mol. The van der Waals surface area contributed by atoms with E-state index >= 15 is 0 Å². The number of hydrogen-bond acceptors (Lipinski definition) is 1. The van der Waals surface area contributed by atoms with Crippen LogP contribution in [0.3, 0.4) is 0 Å². The van der Waals surface area contributed by atoms with Crippen molar-refractivity contribution >= 4 is 0 Å². The maximum absolute atomic E-state index is 4.44. The first kappa shape index (κ1) is 10.3. The molecule has 0 aliphatic heterocycles. The molecule has 0 saturated heterocycles. The minimum absolute atomic E-state index is 0.698. The van der Waals surface area contributed by atoms with Crippen molar-refractivity contribution in [1.82, 2.24) is 9.55 Å². The number of nitrogens with zero attached hydrogens (tertiary/aromatic N) is 2. The lowest BCUT2D eigenvalue weighted by atomic mass is 10.1. The van der Waals surface area contributed by atoms with Crippen LogP contribution in [0.5, 0.6) is 0 Å². The topological polar surface area (TPSA) is 17.8 Å². The normalized spacial score (nSPS) is 11.2. The van der Waals surface area contributed by atoms with Gasteiger partial charge in [-0.15, -0.1) is 0 Å². The first-order valence-electron chi connectivity index (χ1n) is 5.15. The molecule has 0 atom stereocenters. The molecule has 13 heavy (non-hydrogen) atoms. The number of rotatable bonds is 4. The van der Waals surface area contributed by atoms with Crippen LogP contribution < -0.4 is 0 Å². The molecular formula is C11H20N2. The average molecular weight is 180 g/mol. The summed E-state index contributed by atoms with van der Waals surface area (Å²) in [5, 5.41) is 0. The molecule has 0 spiro atoms. The second-order valence-corrected chi connectivity index (χ2v) is 4.07. The van der Waals surface area contributed by atoms with Crippen molar-refractivity contribution in [3.63, 3.8) is 0 Å². The number of aromatic nitrogens is 2. The summed E-state index contributed by atoms with van der Waals surface area (Å²) in [6.45, 7) is 9.93. The third kappa shape index (κ3) is 2.58. The zero-order valence-electron chi connectivity index (χ0n) is 9.17. The molecule has 0 bridgehead atoms. The Morgan fingerprint density at radius 1 is 1.46 bits per heavy atom. The summed E-state index contributed by atoms with van der Waals surface area (Å²) in [4.78, 5) is 4.44. The SMILES string of the molecule is CCCn1cnc(CC(C)C)c1C. The molecule has 74 valence electrons. The standard InChI is InChI=1S/C11H20N2/c1-5-6-13-8-12-11(10(13)4)7-9(2)3/h8-9H,5-7H2,1-4H3. The van der Waals surface area contributed by atoms with Gasteiger partial charge in [0.15, 0.2) is 0 Å². The fourth-order valence-electron chi connectivity index (χ4n) is 1.54. The summed E-state index contributed by atoms with van der Waals surface area (Å²) in [5.74, 6) is 0.698. The summed E-state index contributed by atoms with van der Waals surface area (Å²) in [5.41, 5.74) is 2.61. The van der Waals surface area contributed by atoms with Gasteiger partial charge in [-0.1, -0.05) is 20.8 Å². The molecule has 0 aromatic carbocycles. The van der Waals surface area contributed by atoms with Crippen molar-refractivity contribution in [1.29, 1.82) is 0 Å². The molecule has 0 aliphatic carbocycles. The molecule has 0 radical (unpaired) electrons. The number of hydrogen-bond donors (Lipinski definition) is 0. The fourth-order valence-corrected chi connectivity index (χ4v) is 1.54. The Balaban J connectivity index is 2.74. The Bertz CT molecular complexity index is 261. The second-order valence-electron chi connectivity index (χ2n) is 4.07. The van der Waals surface area contributed by atoms with Gasteiger partial charge in [-0.05, 0) is 25.7 Å². The highest BCUT2D eigenvalue weighted by Crippen LogP contribution is 2.11. The third-order valence-corrected chi connectivity index (χ3v) is 2.27. The first-order chi connectivity index (χ1) is 6.15. The highest BCUT2D eigenvalue weighted by atomic mass is 15.0. The van der Waals surface area contributed by atoms with E-state index in [0.29, 0.717) is 5.92 Å². The fraction of sp³-hybridized carbons (Fsp3) is 0.727. The lowest BCUT2D eigenvalue weighted by molar-refractivity contribution is 0.626. The molecule has 0 N–H and O–H groups in total. The van der Waals surface area contributed by atoms with E-state index in [9.17, 15) is 0 Å². The van der Waals surface area contributed by atoms with E-state index in [2.05, 4.69) is 37.2 Å². The van der Waals surface area contributed by atoms with Crippen molar-refractivity contribution in [2.45, 2.75) is 47.1 Å². The van der Waals surface area contributed by atoms with Crippen LogP contribution in [0.25, 0.3) is 0 Å². The number of imidazole rings is 1. The molecule has 0 aliphatic rings. The van der Waals surface area contributed by atoms with Gasteiger partial charge in [-0.25, -0.2) is 4.98 Å². The quantitative estimate of drug-likeness (QED) is 0.696. The molecule has 0 unspecified atom stereocenters. The van der Waals surface area contributed by atoms with Crippen molar-refractivity contribution in [2.24, 2.45) is 5.92 Å². The molecule has 0 amide bonds. The summed E-state index contributed by atoms with van der Waals surface area (Å²) in [6, 6.07) is 0. The molecule has 0 fully saturated rings. The largest absolute Gasteiger partial charge is 0.335 e. The molecule has 2 heteroatoms. The van der Waals surface area contributed by atoms with E-state index in [1.54, 1.807) is 0 Å². The molecule has 1 rings (SSSR count). The number of aryl methyl sites for hydroxylation is 1. The highest BCUT2D eigenvalue weighted by molar-refractivity contribution is 5.11. The minimum Gasteiger partial charge on any atom is -0.335 e. The summed E-state index contributed by atoms with van der Waals surface area (Å²) >= 11 is 0. The van der Waals surface area contributed by atoms with Gasteiger partial charge in [0.05, 0.1) is 12.0 Å². The van der Waals surface area contributed by atoms with E-state index in [1.807, 2.05) is 6.33 Å². The van der Waals surface area contributed by atoms with Crippen LogP contribution in [0.1, 0.15) is 38.6 Å². The molecule has 2 nitrogen and oxygen atoms in total. The maximum atomic E-state index is 4.44. The lowest BCUT2D eigenvalue weighted by Crippen LogP contribution is -2.00. The Morgan fingerprint density at radius 3 is 2.69 bits per heavy atom. The van der Waals surface area contributed by atoms with E-state index in [4.69, 9.17) is 0 Å². The smallest absolute Gasteiger partial charge is 0.0951 e. The predicted molar refractivity (Wildman–Crippen MR) is 55.8 cm³/mol. The van der Waals surface area contributed by atoms with Gasteiger partial charge in [-0.3, -0.25) is 0 Å². The summed E-state index contributed by atoms with van der Waals surface area (Å²) in [6.07, 6.45) is 4.25. The van der Waals surface area contributed by atoms with Crippen molar-refractivity contribution < 1.29 is 0 Å². The van der Waals surface area contributed by atoms with Crippen molar-refractivity contribution in [3.8, 4) is 0 Å². The van der Waals surface area contributed by atoms with Gasteiger partial charge < -0.3 is 4.57 Å². The second kappa shape index (κ2) is 4.45. The Kier molecular flexibility index (Phi) is 3.52. The van der Waals surface area contributed by atoms with Crippen LogP contribution in [0.2, 0.25) is 0 Å².